The molecular weight excluding hydrogens is 607 g/mol. The predicted molar refractivity (Wildman–Crippen MR) is 148 cm³/mol. The van der Waals surface area contributed by atoms with E-state index in [-0.39, 0.29) is 53.8 Å². The monoisotopic (exact) mass is 635 g/mol. The summed E-state index contributed by atoms with van der Waals surface area (Å²) in [7, 11) is 1.40. The molecule has 1 aliphatic carbocycles. The number of halogens is 5. The summed E-state index contributed by atoms with van der Waals surface area (Å²) < 4.78 is 75.5. The van der Waals surface area contributed by atoms with Gasteiger partial charge in [0.1, 0.15) is 6.10 Å². The maximum absolute atomic E-state index is 14.3. The number of rotatable bonds is 6. The number of aromatic nitrogens is 2. The number of anilines is 1. The van der Waals surface area contributed by atoms with Gasteiger partial charge < -0.3 is 9.84 Å². The van der Waals surface area contributed by atoms with Gasteiger partial charge in [0.25, 0.3) is 5.92 Å². The van der Waals surface area contributed by atoms with E-state index in [2.05, 4.69) is 0 Å². The van der Waals surface area contributed by atoms with Gasteiger partial charge in [0.2, 0.25) is 0 Å². The molecule has 2 aliphatic heterocycles. The average molecular weight is 636 g/mol. The van der Waals surface area contributed by atoms with Crippen molar-refractivity contribution in [2.75, 3.05) is 18.1 Å². The topological polar surface area (TPSA) is 111 Å². The van der Waals surface area contributed by atoms with Crippen molar-refractivity contribution < 1.29 is 50.7 Å². The lowest BCUT2D eigenvalue weighted by atomic mass is 9.97. The number of benzene rings is 2. The first kappa shape index (κ1) is 30.6. The summed E-state index contributed by atoms with van der Waals surface area (Å²) in [4.78, 5) is 55.3. The Morgan fingerprint density at radius 3 is 2.47 bits per heavy atom. The minimum atomic E-state index is -4.66. The Bertz CT molecular complexity index is 1890. The Morgan fingerprint density at radius 2 is 1.82 bits per heavy atom. The fourth-order valence-electron chi connectivity index (χ4n) is 6.77. The summed E-state index contributed by atoms with van der Waals surface area (Å²) in [5, 5.41) is 10.1. The minimum absolute atomic E-state index is 0.0135. The quantitative estimate of drug-likeness (QED) is 0.144. The highest BCUT2D eigenvalue weighted by Crippen LogP contribution is 2.62. The number of amides is 3. The van der Waals surface area contributed by atoms with Gasteiger partial charge in [0.05, 0.1) is 35.4 Å². The third-order valence-corrected chi connectivity index (χ3v) is 9.11. The van der Waals surface area contributed by atoms with Crippen LogP contribution in [0.5, 0.6) is 0 Å². The molecule has 10 nitrogen and oxygen atoms in total. The number of esters is 1. The maximum Gasteiger partial charge on any atom is 0.436 e. The van der Waals surface area contributed by atoms with Gasteiger partial charge in [-0.05, 0) is 43.2 Å². The molecule has 1 fully saturated rings. The van der Waals surface area contributed by atoms with Crippen molar-refractivity contribution in [1.82, 2.24) is 9.13 Å². The van der Waals surface area contributed by atoms with Gasteiger partial charge in [0, 0.05) is 32.2 Å². The maximum atomic E-state index is 14.3. The zero-order valence-corrected chi connectivity index (χ0v) is 24.3. The highest BCUT2D eigenvalue weighted by Gasteiger charge is 2.83. The second-order valence-corrected chi connectivity index (χ2v) is 11.6. The lowest BCUT2D eigenvalue weighted by Gasteiger charge is -2.30. The van der Waals surface area contributed by atoms with Crippen molar-refractivity contribution >= 4 is 34.6 Å². The van der Waals surface area contributed by atoms with Crippen molar-refractivity contribution in [2.24, 2.45) is 7.05 Å². The standard InChI is InChI=1S/C30H28F5N4O6/c1-4-45-25(42)18-13-37(16-8-9-21-22(12-16)38(26(43)36(21)3)14-23(40)28(2,31)32)27(44)39(24(18)41)15-29(39)11-10-17-19(29)6-5-7-20(17)30(33,34)35/h5-9,12-13,23,40H,4,10-11,14-15H2,1-3H3/q+1. The van der Waals surface area contributed by atoms with Crippen molar-refractivity contribution in [2.45, 2.75) is 57.0 Å². The number of aliphatic hydroxyl groups is 1. The second kappa shape index (κ2) is 9.81. The van der Waals surface area contributed by atoms with E-state index in [0.29, 0.717) is 6.92 Å². The van der Waals surface area contributed by atoms with E-state index in [1.165, 1.54) is 48.9 Å². The molecule has 3 atom stereocenters. The molecule has 1 N–H and O–H groups in total. The van der Waals surface area contributed by atoms with Crippen LogP contribution in [0.1, 0.15) is 37.0 Å². The Morgan fingerprint density at radius 1 is 1.11 bits per heavy atom. The fourth-order valence-corrected chi connectivity index (χ4v) is 6.77. The molecule has 15 heteroatoms. The fraction of sp³-hybridized carbons (Fsp3) is 0.400. The van der Waals surface area contributed by atoms with Crippen LogP contribution in [0.15, 0.2) is 53.0 Å². The SMILES string of the molecule is CCOC(=O)C1=CN(c2ccc3c(c2)n(CC(O)C(C)(F)F)c(=O)n3C)C(=O)[N+]2(CC23CCc2c(C(F)(F)F)cccc23)C1=O. The van der Waals surface area contributed by atoms with E-state index in [1.807, 2.05) is 0 Å². The normalized spacial score (nSPS) is 23.6. The van der Waals surface area contributed by atoms with Gasteiger partial charge in [-0.3, -0.25) is 9.13 Å². The third-order valence-electron chi connectivity index (χ3n) is 9.11. The lowest BCUT2D eigenvalue weighted by molar-refractivity contribution is -0.666. The first-order valence-electron chi connectivity index (χ1n) is 14.1. The van der Waals surface area contributed by atoms with Crippen molar-refractivity contribution in [3.8, 4) is 0 Å². The number of imidazole rings is 1. The number of ether oxygens (including phenoxy) is 1. The minimum Gasteiger partial charge on any atom is -0.462 e. The number of urea groups is 1. The van der Waals surface area contributed by atoms with Crippen LogP contribution < -0.4 is 10.6 Å². The van der Waals surface area contributed by atoms with E-state index in [0.717, 1.165) is 21.7 Å². The first-order chi connectivity index (χ1) is 21.0. The number of aryl methyl sites for hydroxylation is 1. The summed E-state index contributed by atoms with van der Waals surface area (Å²) in [5.74, 6) is -5.48. The molecule has 2 aromatic carbocycles. The Balaban J connectivity index is 1.50. The molecule has 1 saturated heterocycles. The number of imide groups is 1. The molecule has 2 spiro atoms. The summed E-state index contributed by atoms with van der Waals surface area (Å²) in [6.07, 6.45) is -5.90. The van der Waals surface area contributed by atoms with Crippen LogP contribution in [0.3, 0.4) is 0 Å². The Kier molecular flexibility index (Phi) is 6.68. The van der Waals surface area contributed by atoms with E-state index < -0.39 is 69.5 Å². The molecule has 3 amide bonds. The number of hydrogen-bond acceptors (Lipinski definition) is 6. The molecule has 238 valence electrons. The van der Waals surface area contributed by atoms with Gasteiger partial charge >= 0.3 is 29.8 Å². The van der Waals surface area contributed by atoms with Crippen molar-refractivity contribution in [3.63, 3.8) is 0 Å². The number of aliphatic hydroxyl groups excluding tert-OH is 1. The molecule has 3 aliphatic rings. The van der Waals surface area contributed by atoms with Crippen LogP contribution >= 0.6 is 0 Å². The highest BCUT2D eigenvalue weighted by atomic mass is 19.4. The molecule has 3 aromatic rings. The largest absolute Gasteiger partial charge is 0.462 e. The lowest BCUT2D eigenvalue weighted by Crippen LogP contribution is -2.56. The van der Waals surface area contributed by atoms with Gasteiger partial charge in [-0.2, -0.15) is 17.7 Å². The average Bonchev–Trinajstić information content (AvgIpc) is 3.42. The van der Waals surface area contributed by atoms with E-state index in [4.69, 9.17) is 4.74 Å². The van der Waals surface area contributed by atoms with Crippen LogP contribution in [-0.4, -0.2) is 61.8 Å². The van der Waals surface area contributed by atoms with Crippen LogP contribution in [-0.2, 0) is 46.1 Å². The predicted octanol–water partition coefficient (Wildman–Crippen LogP) is 3.96. The van der Waals surface area contributed by atoms with Crippen LogP contribution in [0.4, 0.5) is 32.4 Å². The van der Waals surface area contributed by atoms with E-state index in [9.17, 15) is 46.2 Å². The number of carbonyl (C=O) groups excluding carboxylic acids is 3. The molecule has 1 aromatic heterocycles. The van der Waals surface area contributed by atoms with Crippen LogP contribution in [0, 0.1) is 0 Å². The van der Waals surface area contributed by atoms with Gasteiger partial charge in [-0.1, -0.05) is 12.1 Å². The van der Waals surface area contributed by atoms with Crippen molar-refractivity contribution in [3.05, 3.63) is 75.3 Å². The van der Waals surface area contributed by atoms with Crippen molar-refractivity contribution in [1.29, 1.82) is 0 Å². The zero-order valence-electron chi connectivity index (χ0n) is 24.3. The smallest absolute Gasteiger partial charge is 0.436 e. The molecule has 3 heterocycles. The summed E-state index contributed by atoms with van der Waals surface area (Å²) in [6.45, 7) is 0.947. The van der Waals surface area contributed by atoms with Gasteiger partial charge in [-0.15, -0.1) is 0 Å². The molecule has 3 unspecified atom stereocenters. The Hall–Kier alpha value is -4.37. The molecule has 45 heavy (non-hydrogen) atoms. The molecule has 0 radical (unpaired) electrons. The molecule has 0 saturated carbocycles. The van der Waals surface area contributed by atoms with Crippen LogP contribution in [0.2, 0.25) is 0 Å². The summed E-state index contributed by atoms with van der Waals surface area (Å²) in [5.41, 5.74) is -2.85. The zero-order chi connectivity index (χ0) is 32.9. The van der Waals surface area contributed by atoms with E-state index >= 15 is 0 Å². The number of nitrogens with zero attached hydrogens (tertiary/aromatic N) is 4. The number of quaternary nitrogens is 1. The molecule has 0 bridgehead atoms. The second-order valence-electron chi connectivity index (χ2n) is 11.6. The Labute approximate surface area is 252 Å². The van der Waals surface area contributed by atoms with E-state index in [1.54, 1.807) is 0 Å². The molecule has 6 rings (SSSR count). The summed E-state index contributed by atoms with van der Waals surface area (Å²) >= 11 is 0. The third kappa shape index (κ3) is 4.27. The number of carbonyl (C=O) groups is 3. The number of fused-ring (bicyclic) bond motifs is 4. The summed E-state index contributed by atoms with van der Waals surface area (Å²) in [6, 6.07) is 6.95. The number of hydrogen-bond donors (Lipinski definition) is 1. The van der Waals surface area contributed by atoms with Gasteiger partial charge in [0.15, 0.2) is 17.7 Å². The van der Waals surface area contributed by atoms with Crippen LogP contribution in [0.25, 0.3) is 11.0 Å². The molecular formula is C30H28F5N4O6+. The first-order valence-corrected chi connectivity index (χ1v) is 14.1. The highest BCUT2D eigenvalue weighted by molar-refractivity contribution is 6.20. The van der Waals surface area contributed by atoms with Gasteiger partial charge in [-0.25, -0.2) is 32.9 Å². The number of alkyl halides is 5.